The summed E-state index contributed by atoms with van der Waals surface area (Å²) in [6.45, 7) is 0.987. The van der Waals surface area contributed by atoms with Gasteiger partial charge in [0.2, 0.25) is 11.8 Å². The molecule has 0 unspecified atom stereocenters. The average Bonchev–Trinajstić information content (AvgIpc) is 3.30. The molecule has 3 aliphatic rings. The average molecular weight is 368 g/mol. The molecule has 4 rings (SSSR count). The number of ether oxygens (including phenoxy) is 1. The number of carbonyl (C=O) groups excluding carboxylic acids is 4. The van der Waals surface area contributed by atoms with Crippen LogP contribution in [0.2, 0.25) is 0 Å². The highest BCUT2D eigenvalue weighted by Crippen LogP contribution is 2.52. The summed E-state index contributed by atoms with van der Waals surface area (Å²) in [4.78, 5) is 50.0. The van der Waals surface area contributed by atoms with Gasteiger partial charge in [-0.05, 0) is 42.9 Å². The van der Waals surface area contributed by atoms with Gasteiger partial charge in [-0.25, -0.2) is 0 Å². The molecule has 2 aliphatic carbocycles. The van der Waals surface area contributed by atoms with Crippen molar-refractivity contribution in [1.29, 1.82) is 0 Å². The van der Waals surface area contributed by atoms with E-state index in [0.717, 1.165) is 16.9 Å². The number of anilines is 1. The van der Waals surface area contributed by atoms with Gasteiger partial charge in [-0.2, -0.15) is 0 Å². The van der Waals surface area contributed by atoms with Gasteiger partial charge in [0.05, 0.1) is 11.8 Å². The number of nitrogens with one attached hydrogen (secondary N) is 1. The molecule has 1 aliphatic heterocycles. The molecule has 0 spiro atoms. The van der Waals surface area contributed by atoms with Crippen LogP contribution in [-0.2, 0) is 23.9 Å². The van der Waals surface area contributed by atoms with Gasteiger partial charge in [0, 0.05) is 5.69 Å². The number of likely N-dealkylation sites (tertiary alicyclic amines) is 1. The van der Waals surface area contributed by atoms with E-state index >= 15 is 0 Å². The van der Waals surface area contributed by atoms with E-state index in [9.17, 15) is 19.2 Å². The molecule has 2 fully saturated rings. The molecule has 3 amide bonds. The quantitative estimate of drug-likeness (QED) is 0.480. The third-order valence-corrected chi connectivity index (χ3v) is 5.51. The van der Waals surface area contributed by atoms with Crippen molar-refractivity contribution >= 4 is 29.4 Å². The summed E-state index contributed by atoms with van der Waals surface area (Å²) in [6.07, 6.45) is 4.83. The SMILES string of the molecule is Cc1cccc(NC(=O)COC(=O)CN2C(=O)[C@@H]3[C@@H](C2=O)[C@@H]2C=C[C@@H]3C2)c1. The second-order valence-electron chi connectivity index (χ2n) is 7.34. The first-order valence-corrected chi connectivity index (χ1v) is 9.00. The van der Waals surface area contributed by atoms with Gasteiger partial charge in [0.1, 0.15) is 6.54 Å². The molecule has 0 aromatic heterocycles. The third-order valence-electron chi connectivity index (χ3n) is 5.51. The fraction of sp³-hybridized carbons (Fsp3) is 0.400. The zero-order valence-electron chi connectivity index (χ0n) is 14.9. The molecule has 0 radical (unpaired) electrons. The number of hydrogen-bond donors (Lipinski definition) is 1. The zero-order valence-corrected chi connectivity index (χ0v) is 14.9. The Morgan fingerprint density at radius 1 is 1.15 bits per heavy atom. The van der Waals surface area contributed by atoms with Crippen molar-refractivity contribution in [3.8, 4) is 0 Å². The van der Waals surface area contributed by atoms with E-state index in [2.05, 4.69) is 5.32 Å². The number of allylic oxidation sites excluding steroid dienone is 2. The molecule has 27 heavy (non-hydrogen) atoms. The highest BCUT2D eigenvalue weighted by molar-refractivity contribution is 6.08. The predicted molar refractivity (Wildman–Crippen MR) is 95.2 cm³/mol. The smallest absolute Gasteiger partial charge is 0.326 e. The van der Waals surface area contributed by atoms with Gasteiger partial charge >= 0.3 is 5.97 Å². The minimum absolute atomic E-state index is 0.0950. The first-order valence-electron chi connectivity index (χ1n) is 9.00. The van der Waals surface area contributed by atoms with E-state index in [1.165, 1.54) is 0 Å². The number of imide groups is 1. The zero-order chi connectivity index (χ0) is 19.1. The third kappa shape index (κ3) is 3.13. The van der Waals surface area contributed by atoms with E-state index in [4.69, 9.17) is 4.74 Å². The van der Waals surface area contributed by atoms with Crippen LogP contribution in [0.4, 0.5) is 5.69 Å². The number of aryl methyl sites for hydroxylation is 1. The van der Waals surface area contributed by atoms with Gasteiger partial charge in [-0.3, -0.25) is 24.1 Å². The topological polar surface area (TPSA) is 92.8 Å². The van der Waals surface area contributed by atoms with Crippen LogP contribution in [0.1, 0.15) is 12.0 Å². The summed E-state index contributed by atoms with van der Waals surface area (Å²) < 4.78 is 4.94. The second-order valence-corrected chi connectivity index (χ2v) is 7.34. The molecular weight excluding hydrogens is 348 g/mol. The van der Waals surface area contributed by atoms with Crippen LogP contribution in [0, 0.1) is 30.6 Å². The summed E-state index contributed by atoms with van der Waals surface area (Å²) >= 11 is 0. The number of hydrogen-bond acceptors (Lipinski definition) is 5. The lowest BCUT2D eigenvalue weighted by atomic mass is 9.85. The fourth-order valence-corrected chi connectivity index (χ4v) is 4.36. The van der Waals surface area contributed by atoms with Crippen molar-refractivity contribution in [2.75, 3.05) is 18.5 Å². The molecule has 2 bridgehead atoms. The van der Waals surface area contributed by atoms with Crippen molar-refractivity contribution in [3.05, 3.63) is 42.0 Å². The normalized spacial score (nSPS) is 27.8. The molecule has 7 nitrogen and oxygen atoms in total. The number of amides is 3. The lowest BCUT2D eigenvalue weighted by Crippen LogP contribution is -2.38. The number of nitrogens with zero attached hydrogens (tertiary/aromatic N) is 1. The summed E-state index contributed by atoms with van der Waals surface area (Å²) in [5.74, 6) is -2.35. The number of benzene rings is 1. The molecule has 1 N–H and O–H groups in total. The fourth-order valence-electron chi connectivity index (χ4n) is 4.36. The van der Waals surface area contributed by atoms with E-state index in [1.54, 1.807) is 18.2 Å². The Kier molecular flexibility index (Phi) is 4.30. The van der Waals surface area contributed by atoms with Crippen LogP contribution in [0.3, 0.4) is 0 Å². The second kappa shape index (κ2) is 6.64. The van der Waals surface area contributed by atoms with E-state index in [0.29, 0.717) is 5.69 Å². The first kappa shape index (κ1) is 17.5. The van der Waals surface area contributed by atoms with Crippen LogP contribution in [-0.4, -0.2) is 41.7 Å². The molecule has 1 aromatic carbocycles. The standard InChI is InChI=1S/C20H20N2O5/c1-11-3-2-4-14(7-11)21-15(23)10-27-16(24)9-22-19(25)17-12-5-6-13(8-12)18(17)20(22)26/h2-7,12-13,17-18H,8-10H2,1H3,(H,21,23)/t12-,13-,17+,18+/m1/s1. The highest BCUT2D eigenvalue weighted by Gasteiger charge is 2.59. The number of carbonyl (C=O) groups is 4. The number of fused-ring (bicyclic) bond motifs is 5. The summed E-state index contributed by atoms with van der Waals surface area (Å²) in [5.41, 5.74) is 1.60. The van der Waals surface area contributed by atoms with Gasteiger partial charge in [0.15, 0.2) is 6.61 Å². The Labute approximate surface area is 156 Å². The van der Waals surface area contributed by atoms with E-state index < -0.39 is 25.0 Å². The van der Waals surface area contributed by atoms with Crippen LogP contribution in [0.25, 0.3) is 0 Å². The number of rotatable bonds is 5. The van der Waals surface area contributed by atoms with Crippen molar-refractivity contribution in [2.24, 2.45) is 23.7 Å². The molecular formula is C20H20N2O5. The first-order chi connectivity index (χ1) is 12.9. The maximum absolute atomic E-state index is 12.5. The number of esters is 1. The lowest BCUT2D eigenvalue weighted by Gasteiger charge is -2.16. The van der Waals surface area contributed by atoms with Gasteiger partial charge < -0.3 is 10.1 Å². The predicted octanol–water partition coefficient (Wildman–Crippen LogP) is 1.28. The summed E-state index contributed by atoms with van der Waals surface area (Å²) in [5, 5.41) is 2.63. The van der Waals surface area contributed by atoms with Crippen molar-refractivity contribution in [1.82, 2.24) is 4.90 Å². The molecule has 1 heterocycles. The summed E-state index contributed by atoms with van der Waals surface area (Å²) in [7, 11) is 0. The molecule has 1 aromatic rings. The van der Waals surface area contributed by atoms with E-state index in [-0.39, 0.29) is 35.5 Å². The highest BCUT2D eigenvalue weighted by atomic mass is 16.5. The lowest BCUT2D eigenvalue weighted by molar-refractivity contribution is -0.154. The van der Waals surface area contributed by atoms with Gasteiger partial charge in [0.25, 0.3) is 5.91 Å². The Morgan fingerprint density at radius 2 is 1.81 bits per heavy atom. The van der Waals surface area contributed by atoms with Crippen molar-refractivity contribution in [2.45, 2.75) is 13.3 Å². The van der Waals surface area contributed by atoms with Crippen LogP contribution >= 0.6 is 0 Å². The molecule has 140 valence electrons. The monoisotopic (exact) mass is 368 g/mol. The molecule has 1 saturated heterocycles. The maximum atomic E-state index is 12.5. The van der Waals surface area contributed by atoms with E-state index in [1.807, 2.05) is 25.1 Å². The Balaban J connectivity index is 1.29. The molecule has 1 saturated carbocycles. The van der Waals surface area contributed by atoms with Crippen LogP contribution < -0.4 is 5.32 Å². The van der Waals surface area contributed by atoms with Gasteiger partial charge in [-0.15, -0.1) is 0 Å². The summed E-state index contributed by atoms with van der Waals surface area (Å²) in [6, 6.07) is 7.23. The van der Waals surface area contributed by atoms with Crippen LogP contribution in [0.15, 0.2) is 36.4 Å². The Bertz CT molecular complexity index is 832. The van der Waals surface area contributed by atoms with Crippen molar-refractivity contribution < 1.29 is 23.9 Å². The minimum Gasteiger partial charge on any atom is -0.454 e. The molecule has 7 heteroatoms. The minimum atomic E-state index is -0.767. The van der Waals surface area contributed by atoms with Crippen molar-refractivity contribution in [3.63, 3.8) is 0 Å². The molecule has 4 atom stereocenters. The van der Waals surface area contributed by atoms with Crippen LogP contribution in [0.5, 0.6) is 0 Å². The maximum Gasteiger partial charge on any atom is 0.326 e. The Hall–Kier alpha value is -2.96. The Morgan fingerprint density at radius 3 is 2.44 bits per heavy atom. The van der Waals surface area contributed by atoms with Gasteiger partial charge in [-0.1, -0.05) is 24.3 Å². The largest absolute Gasteiger partial charge is 0.454 e.